The molecule has 4 rings (SSSR count). The Labute approximate surface area is 236 Å². The highest BCUT2D eigenvalue weighted by atomic mass is 16.5. The summed E-state index contributed by atoms with van der Waals surface area (Å²) in [5, 5.41) is 3.23. The minimum absolute atomic E-state index is 0.685. The minimum atomic E-state index is 0.685. The zero-order valence-corrected chi connectivity index (χ0v) is 23.2. The Bertz CT molecular complexity index is 1550. The number of nitrogens with zero attached hydrogens (tertiary/aromatic N) is 2. The van der Waals surface area contributed by atoms with E-state index in [-0.39, 0.29) is 0 Å². The van der Waals surface area contributed by atoms with Crippen LogP contribution in [0.25, 0.3) is 0 Å². The van der Waals surface area contributed by atoms with Gasteiger partial charge in [0.1, 0.15) is 28.6 Å². The largest absolute Gasteiger partial charge is 0.457 e. The lowest BCUT2D eigenvalue weighted by Crippen LogP contribution is -2.17. The summed E-state index contributed by atoms with van der Waals surface area (Å²) in [5.74, 6) is 2.83. The lowest BCUT2D eigenvalue weighted by Gasteiger charge is -2.10. The predicted molar refractivity (Wildman–Crippen MR) is 167 cm³/mol. The number of anilines is 1. The lowest BCUT2D eigenvalue weighted by atomic mass is 10.1. The van der Waals surface area contributed by atoms with Crippen molar-refractivity contribution in [2.24, 2.45) is 4.99 Å². The average molecular weight is 529 g/mol. The molecule has 0 amide bonds. The number of hydrogen-bond donors (Lipinski definition) is 1. The standard InChI is InChI=1S/C35H34N3O2/c1-6-26(5)22-36-29-13-17-32(18-14-29)39-34-11-10-12-35(21-34)40-33-19-15-30(16-20-33)37-23-27(7-2)28-24-38(25-28)31(8-3)9-4/h6-25,36H,1,3H2,2,4-5H3/q+1/b26-22-,27-7+,31-9+,37-23?. The summed E-state index contributed by atoms with van der Waals surface area (Å²) in [7, 11) is 0. The van der Waals surface area contributed by atoms with E-state index in [2.05, 4.69) is 35.9 Å². The lowest BCUT2D eigenvalue weighted by molar-refractivity contribution is -0.401. The van der Waals surface area contributed by atoms with E-state index in [0.29, 0.717) is 11.5 Å². The van der Waals surface area contributed by atoms with Crippen LogP contribution in [0.5, 0.6) is 23.0 Å². The molecule has 0 bridgehead atoms. The summed E-state index contributed by atoms with van der Waals surface area (Å²) in [4.78, 5) is 4.64. The summed E-state index contributed by atoms with van der Waals surface area (Å²) in [5.41, 5.74) is 6.10. The van der Waals surface area contributed by atoms with Crippen molar-refractivity contribution in [2.45, 2.75) is 20.8 Å². The van der Waals surface area contributed by atoms with Crippen LogP contribution in [0, 0.1) is 0 Å². The number of allylic oxidation sites excluding steroid dienone is 7. The quantitative estimate of drug-likeness (QED) is 0.145. The molecule has 1 aliphatic rings. The Morgan fingerprint density at radius 3 is 2.00 bits per heavy atom. The second-order valence-electron chi connectivity index (χ2n) is 8.97. The van der Waals surface area contributed by atoms with Gasteiger partial charge >= 0.3 is 0 Å². The molecule has 0 unspecified atom stereocenters. The molecular weight excluding hydrogens is 494 g/mol. The second kappa shape index (κ2) is 13.6. The van der Waals surface area contributed by atoms with Crippen LogP contribution in [0.1, 0.15) is 20.8 Å². The fourth-order valence-corrected chi connectivity index (χ4v) is 3.77. The van der Waals surface area contributed by atoms with Crippen LogP contribution in [0.15, 0.2) is 150 Å². The zero-order chi connectivity index (χ0) is 28.3. The van der Waals surface area contributed by atoms with Crippen LogP contribution in [0.2, 0.25) is 0 Å². The number of hydrogen-bond acceptors (Lipinski definition) is 4. The van der Waals surface area contributed by atoms with Crippen LogP contribution < -0.4 is 14.8 Å². The minimum Gasteiger partial charge on any atom is -0.457 e. The Kier molecular flexibility index (Phi) is 9.46. The fraction of sp³-hybridized carbons (Fsp3) is 0.0857. The molecule has 40 heavy (non-hydrogen) atoms. The van der Waals surface area contributed by atoms with Gasteiger partial charge in [-0.05, 0) is 93.1 Å². The highest BCUT2D eigenvalue weighted by Crippen LogP contribution is 2.30. The average Bonchev–Trinajstić information content (AvgIpc) is 2.96. The summed E-state index contributed by atoms with van der Waals surface area (Å²) in [6, 6.07) is 23.0. The van der Waals surface area contributed by atoms with E-state index >= 15 is 0 Å². The van der Waals surface area contributed by atoms with Crippen LogP contribution in [-0.4, -0.2) is 17.0 Å². The summed E-state index contributed by atoms with van der Waals surface area (Å²) in [6.07, 6.45) is 15.6. The predicted octanol–water partition coefficient (Wildman–Crippen LogP) is 9.49. The third kappa shape index (κ3) is 7.45. The molecule has 5 nitrogen and oxygen atoms in total. The van der Waals surface area contributed by atoms with Gasteiger partial charge in [-0.3, -0.25) is 4.99 Å². The Balaban J connectivity index is 1.34. The van der Waals surface area contributed by atoms with Gasteiger partial charge in [0.2, 0.25) is 5.70 Å². The van der Waals surface area contributed by atoms with Crippen LogP contribution in [0.4, 0.5) is 11.4 Å². The van der Waals surface area contributed by atoms with Gasteiger partial charge in [-0.15, -0.1) is 0 Å². The highest BCUT2D eigenvalue weighted by Gasteiger charge is 2.21. The van der Waals surface area contributed by atoms with Crippen molar-refractivity contribution < 1.29 is 14.0 Å². The van der Waals surface area contributed by atoms with Gasteiger partial charge in [0.05, 0.1) is 5.69 Å². The molecule has 3 aromatic carbocycles. The first-order valence-electron chi connectivity index (χ1n) is 13.1. The number of nitrogens with one attached hydrogen (secondary N) is 1. The fourth-order valence-electron chi connectivity index (χ4n) is 3.77. The van der Waals surface area contributed by atoms with Gasteiger partial charge < -0.3 is 14.8 Å². The number of aliphatic imine (C=N–C) groups is 1. The molecule has 5 heteroatoms. The molecule has 1 N–H and O–H groups in total. The van der Waals surface area contributed by atoms with Gasteiger partial charge in [0.15, 0.2) is 12.4 Å². The summed E-state index contributed by atoms with van der Waals surface area (Å²) in [6.45, 7) is 13.6. The number of ether oxygens (including phenoxy) is 2. The second-order valence-corrected chi connectivity index (χ2v) is 8.97. The van der Waals surface area contributed by atoms with E-state index in [1.54, 1.807) is 6.08 Å². The van der Waals surface area contributed by atoms with Crippen LogP contribution in [0.3, 0.4) is 0 Å². The summed E-state index contributed by atoms with van der Waals surface area (Å²) >= 11 is 0. The van der Waals surface area contributed by atoms with Crippen molar-refractivity contribution in [1.82, 2.24) is 0 Å². The van der Waals surface area contributed by atoms with Crippen molar-refractivity contribution in [3.63, 3.8) is 0 Å². The van der Waals surface area contributed by atoms with Crippen molar-refractivity contribution in [3.8, 4) is 23.0 Å². The topological polar surface area (TPSA) is 45.9 Å². The van der Waals surface area contributed by atoms with Gasteiger partial charge in [0, 0.05) is 35.8 Å². The third-order valence-electron chi connectivity index (χ3n) is 6.11. The van der Waals surface area contributed by atoms with E-state index in [1.807, 2.05) is 129 Å². The molecule has 0 atom stereocenters. The van der Waals surface area contributed by atoms with E-state index in [9.17, 15) is 0 Å². The molecule has 200 valence electrons. The summed E-state index contributed by atoms with van der Waals surface area (Å²) < 4.78 is 14.1. The number of rotatable bonds is 12. The van der Waals surface area contributed by atoms with Crippen LogP contribution in [-0.2, 0) is 0 Å². The van der Waals surface area contributed by atoms with Gasteiger partial charge in [-0.2, -0.15) is 4.58 Å². The van der Waals surface area contributed by atoms with Crippen molar-refractivity contribution >= 4 is 23.8 Å². The van der Waals surface area contributed by atoms with E-state index in [4.69, 9.17) is 9.47 Å². The normalized spacial score (nSPS) is 13.7. The Morgan fingerprint density at radius 2 is 1.45 bits per heavy atom. The smallest absolute Gasteiger partial charge is 0.205 e. The molecule has 0 spiro atoms. The maximum Gasteiger partial charge on any atom is 0.205 e. The maximum absolute atomic E-state index is 6.06. The monoisotopic (exact) mass is 528 g/mol. The molecule has 0 radical (unpaired) electrons. The Hall–Kier alpha value is -5.16. The molecule has 1 heterocycles. The highest BCUT2D eigenvalue weighted by molar-refractivity contribution is 5.99. The SMILES string of the molecule is C=C/C(C)=C\Nc1ccc(Oc2cccc(Oc3ccc(N=C/C(=C\C)C4=C[N+](/C(C=C)=C/C)=C4)cc3)c2)cc1. The molecule has 0 aromatic heterocycles. The van der Waals surface area contributed by atoms with E-state index in [0.717, 1.165) is 45.3 Å². The van der Waals surface area contributed by atoms with Gasteiger partial charge in [0.25, 0.3) is 0 Å². The molecule has 0 saturated carbocycles. The third-order valence-corrected chi connectivity index (χ3v) is 6.11. The first kappa shape index (κ1) is 27.9. The molecule has 3 aromatic rings. The molecule has 0 fully saturated rings. The first-order chi connectivity index (χ1) is 19.5. The first-order valence-corrected chi connectivity index (χ1v) is 13.1. The maximum atomic E-state index is 6.06. The molecule has 0 aliphatic carbocycles. The molecular formula is C35H34N3O2+. The van der Waals surface area contributed by atoms with Crippen molar-refractivity contribution in [3.05, 3.63) is 145 Å². The van der Waals surface area contributed by atoms with Gasteiger partial charge in [-0.1, -0.05) is 31.4 Å². The number of benzene rings is 3. The van der Waals surface area contributed by atoms with Crippen molar-refractivity contribution in [2.75, 3.05) is 5.32 Å². The van der Waals surface area contributed by atoms with Crippen molar-refractivity contribution in [1.29, 1.82) is 0 Å². The molecule has 0 saturated heterocycles. The molecule has 1 aliphatic heterocycles. The van der Waals surface area contributed by atoms with E-state index < -0.39 is 0 Å². The van der Waals surface area contributed by atoms with Crippen LogP contribution >= 0.6 is 0 Å². The van der Waals surface area contributed by atoms with Gasteiger partial charge in [-0.25, -0.2) is 0 Å². The zero-order valence-electron chi connectivity index (χ0n) is 23.2. The Morgan fingerprint density at radius 1 is 0.825 bits per heavy atom. The van der Waals surface area contributed by atoms with E-state index in [1.165, 1.54) is 0 Å².